The van der Waals surface area contributed by atoms with Crippen LogP contribution in [0.4, 0.5) is 0 Å². The van der Waals surface area contributed by atoms with E-state index in [9.17, 15) is 4.79 Å². The molecule has 2 rings (SSSR count). The largest absolute Gasteiger partial charge is 0.476 e. The average molecular weight is 314 g/mol. The van der Waals surface area contributed by atoms with Crippen molar-refractivity contribution < 1.29 is 14.4 Å². The molecule has 17 heavy (non-hydrogen) atoms. The van der Waals surface area contributed by atoms with Gasteiger partial charge in [0.1, 0.15) is 5.76 Å². The molecule has 0 saturated carbocycles. The first kappa shape index (κ1) is 12.2. The number of carbonyl (C=O) groups is 1. The van der Waals surface area contributed by atoms with E-state index < -0.39 is 5.97 Å². The van der Waals surface area contributed by atoms with E-state index in [4.69, 9.17) is 9.63 Å². The Hall–Kier alpha value is -1.27. The fraction of sp³-hybridized carbons (Fsp3) is 0.0909. The molecular weight excluding hydrogens is 306 g/mol. The van der Waals surface area contributed by atoms with Crippen LogP contribution in [0.25, 0.3) is 0 Å². The summed E-state index contributed by atoms with van der Waals surface area (Å²) in [4.78, 5) is 11.7. The summed E-state index contributed by atoms with van der Waals surface area (Å²) < 4.78 is 5.92. The molecule has 0 radical (unpaired) electrons. The lowest BCUT2D eigenvalue weighted by atomic mass is 10.4. The third kappa shape index (κ3) is 3.34. The van der Waals surface area contributed by atoms with Gasteiger partial charge in [-0.1, -0.05) is 27.2 Å². The van der Waals surface area contributed by atoms with Gasteiger partial charge in [-0.2, -0.15) is 0 Å². The summed E-state index contributed by atoms with van der Waals surface area (Å²) in [5.41, 5.74) is -0.0603. The molecule has 6 heteroatoms. The first-order valence-electron chi connectivity index (χ1n) is 4.72. The van der Waals surface area contributed by atoms with Crippen LogP contribution in [0.15, 0.2) is 44.2 Å². The monoisotopic (exact) mass is 313 g/mol. The zero-order valence-corrected chi connectivity index (χ0v) is 11.0. The van der Waals surface area contributed by atoms with Gasteiger partial charge in [-0.15, -0.1) is 11.8 Å². The van der Waals surface area contributed by atoms with Crippen molar-refractivity contribution in [1.29, 1.82) is 0 Å². The molecule has 0 aliphatic rings. The molecule has 1 heterocycles. The second-order valence-electron chi connectivity index (χ2n) is 3.23. The molecule has 88 valence electrons. The van der Waals surface area contributed by atoms with E-state index in [1.165, 1.54) is 6.07 Å². The zero-order valence-electron chi connectivity index (χ0n) is 8.59. The maximum atomic E-state index is 10.6. The van der Waals surface area contributed by atoms with Gasteiger partial charge in [0.05, 0.1) is 5.75 Å². The van der Waals surface area contributed by atoms with Gasteiger partial charge < -0.3 is 9.63 Å². The summed E-state index contributed by atoms with van der Waals surface area (Å²) in [7, 11) is 0. The van der Waals surface area contributed by atoms with Crippen molar-refractivity contribution in [2.75, 3.05) is 0 Å². The number of hydrogen-bond donors (Lipinski definition) is 1. The Morgan fingerprint density at radius 3 is 2.94 bits per heavy atom. The average Bonchev–Trinajstić information content (AvgIpc) is 2.75. The number of carboxylic acids is 1. The molecule has 0 aliphatic carbocycles. The molecule has 0 atom stereocenters. The van der Waals surface area contributed by atoms with E-state index in [2.05, 4.69) is 21.1 Å². The number of halogens is 1. The fourth-order valence-electron chi connectivity index (χ4n) is 1.19. The van der Waals surface area contributed by atoms with Crippen molar-refractivity contribution in [3.05, 3.63) is 46.3 Å². The summed E-state index contributed by atoms with van der Waals surface area (Å²) in [5, 5.41) is 12.1. The third-order valence-electron chi connectivity index (χ3n) is 1.96. The Kier molecular flexibility index (Phi) is 3.86. The number of carboxylic acid groups (broad SMARTS) is 1. The van der Waals surface area contributed by atoms with Crippen LogP contribution >= 0.6 is 27.7 Å². The molecule has 4 nitrogen and oxygen atoms in total. The van der Waals surface area contributed by atoms with Gasteiger partial charge in [-0.25, -0.2) is 4.79 Å². The number of benzene rings is 1. The second kappa shape index (κ2) is 5.37. The Labute approximate surface area is 110 Å². The maximum absolute atomic E-state index is 10.6. The summed E-state index contributed by atoms with van der Waals surface area (Å²) in [6, 6.07) is 9.28. The van der Waals surface area contributed by atoms with Gasteiger partial charge in [0, 0.05) is 15.4 Å². The molecule has 0 unspecified atom stereocenters. The topological polar surface area (TPSA) is 63.3 Å². The van der Waals surface area contributed by atoms with Crippen molar-refractivity contribution >= 4 is 33.7 Å². The first-order valence-corrected chi connectivity index (χ1v) is 6.50. The predicted octanol–water partition coefficient (Wildman–Crippen LogP) is 3.43. The minimum Gasteiger partial charge on any atom is -0.476 e. The Bertz CT molecular complexity index is 541. The standard InChI is InChI=1S/C11H8BrNO3S/c12-7-2-1-3-9(4-7)17-6-8-5-10(11(14)15)13-16-8/h1-5H,6H2,(H,14,15). The molecule has 0 saturated heterocycles. The smallest absolute Gasteiger partial charge is 0.358 e. The molecule has 0 aliphatic heterocycles. The minimum absolute atomic E-state index is 0.0603. The van der Waals surface area contributed by atoms with Crippen molar-refractivity contribution in [3.8, 4) is 0 Å². The Balaban J connectivity index is 2.00. The van der Waals surface area contributed by atoms with Crippen LogP contribution in [0.5, 0.6) is 0 Å². The normalized spacial score (nSPS) is 10.4. The van der Waals surface area contributed by atoms with E-state index in [0.717, 1.165) is 9.37 Å². The molecule has 0 bridgehead atoms. The van der Waals surface area contributed by atoms with Crippen LogP contribution in [-0.4, -0.2) is 16.2 Å². The number of aromatic nitrogens is 1. The van der Waals surface area contributed by atoms with Gasteiger partial charge >= 0.3 is 5.97 Å². The lowest BCUT2D eigenvalue weighted by molar-refractivity contribution is 0.0685. The number of aromatic carboxylic acids is 1. The van der Waals surface area contributed by atoms with E-state index in [1.807, 2.05) is 24.3 Å². The van der Waals surface area contributed by atoms with Crippen LogP contribution in [0.3, 0.4) is 0 Å². The van der Waals surface area contributed by atoms with Crippen molar-refractivity contribution in [2.45, 2.75) is 10.6 Å². The van der Waals surface area contributed by atoms with E-state index >= 15 is 0 Å². The van der Waals surface area contributed by atoms with Crippen molar-refractivity contribution in [2.24, 2.45) is 0 Å². The number of rotatable bonds is 4. The molecule has 0 amide bonds. The van der Waals surface area contributed by atoms with Crippen LogP contribution in [0.2, 0.25) is 0 Å². The molecule has 2 aromatic rings. The second-order valence-corrected chi connectivity index (χ2v) is 5.19. The van der Waals surface area contributed by atoms with Crippen LogP contribution in [0.1, 0.15) is 16.2 Å². The number of thioether (sulfide) groups is 1. The van der Waals surface area contributed by atoms with E-state index in [0.29, 0.717) is 11.5 Å². The first-order chi connectivity index (χ1) is 8.15. The quantitative estimate of drug-likeness (QED) is 0.876. The third-order valence-corrected chi connectivity index (χ3v) is 3.46. The lowest BCUT2D eigenvalue weighted by Gasteiger charge is -1.98. The highest BCUT2D eigenvalue weighted by molar-refractivity contribution is 9.10. The summed E-state index contributed by atoms with van der Waals surface area (Å²) in [6.45, 7) is 0. The maximum Gasteiger partial charge on any atom is 0.358 e. The lowest BCUT2D eigenvalue weighted by Crippen LogP contribution is -1.94. The fourth-order valence-corrected chi connectivity index (χ4v) is 2.57. The molecule has 1 aromatic carbocycles. The Morgan fingerprint density at radius 2 is 2.29 bits per heavy atom. The van der Waals surface area contributed by atoms with Gasteiger partial charge in [-0.05, 0) is 18.2 Å². The number of nitrogens with zero attached hydrogens (tertiary/aromatic N) is 1. The van der Waals surface area contributed by atoms with Crippen molar-refractivity contribution in [3.63, 3.8) is 0 Å². The van der Waals surface area contributed by atoms with E-state index in [1.54, 1.807) is 11.8 Å². The van der Waals surface area contributed by atoms with Gasteiger partial charge in [0.25, 0.3) is 0 Å². The van der Waals surface area contributed by atoms with Crippen LogP contribution in [-0.2, 0) is 5.75 Å². The predicted molar refractivity (Wildman–Crippen MR) is 67.2 cm³/mol. The van der Waals surface area contributed by atoms with Gasteiger partial charge in [0.15, 0.2) is 5.69 Å². The molecule has 0 fully saturated rings. The summed E-state index contributed by atoms with van der Waals surface area (Å²) >= 11 is 4.94. The van der Waals surface area contributed by atoms with Gasteiger partial charge in [0.2, 0.25) is 0 Å². The molecular formula is C11H8BrNO3S. The van der Waals surface area contributed by atoms with Gasteiger partial charge in [-0.3, -0.25) is 0 Å². The number of hydrogen-bond acceptors (Lipinski definition) is 4. The summed E-state index contributed by atoms with van der Waals surface area (Å²) in [6.07, 6.45) is 0. The van der Waals surface area contributed by atoms with Crippen LogP contribution < -0.4 is 0 Å². The Morgan fingerprint density at radius 1 is 1.47 bits per heavy atom. The van der Waals surface area contributed by atoms with Crippen molar-refractivity contribution in [1.82, 2.24) is 5.16 Å². The highest BCUT2D eigenvalue weighted by Gasteiger charge is 2.10. The highest BCUT2D eigenvalue weighted by atomic mass is 79.9. The molecule has 0 spiro atoms. The summed E-state index contributed by atoms with van der Waals surface area (Å²) in [5.74, 6) is 0.0244. The zero-order chi connectivity index (χ0) is 12.3. The molecule has 1 N–H and O–H groups in total. The SMILES string of the molecule is O=C(O)c1cc(CSc2cccc(Br)c2)on1. The minimum atomic E-state index is -1.08. The van der Waals surface area contributed by atoms with E-state index in [-0.39, 0.29) is 5.69 Å². The highest BCUT2D eigenvalue weighted by Crippen LogP contribution is 2.25. The molecule has 1 aromatic heterocycles. The van der Waals surface area contributed by atoms with Crippen LogP contribution in [0, 0.1) is 0 Å².